The van der Waals surface area contributed by atoms with Crippen molar-refractivity contribution in [1.82, 2.24) is 9.97 Å². The largest absolute Gasteiger partial charge is 0.444 e. The molecule has 0 unspecified atom stereocenters. The van der Waals surface area contributed by atoms with Crippen molar-refractivity contribution in [2.75, 3.05) is 17.2 Å². The maximum absolute atomic E-state index is 5.38. The van der Waals surface area contributed by atoms with Gasteiger partial charge in [-0.2, -0.15) is 0 Å². The number of hydrogen-bond donors (Lipinski definition) is 2. The maximum Gasteiger partial charge on any atom is 0.213 e. The van der Waals surface area contributed by atoms with Crippen molar-refractivity contribution in [3.63, 3.8) is 0 Å². The van der Waals surface area contributed by atoms with Crippen LogP contribution in [0.3, 0.4) is 0 Å². The molecule has 0 aliphatic rings. The first-order valence-electron chi connectivity index (χ1n) is 6.14. The Morgan fingerprint density at radius 2 is 2.00 bits per heavy atom. The van der Waals surface area contributed by atoms with Crippen LogP contribution in [0.4, 0.5) is 11.6 Å². The Labute approximate surface area is 107 Å². The van der Waals surface area contributed by atoms with Crippen LogP contribution in [0.25, 0.3) is 0 Å². The summed E-state index contributed by atoms with van der Waals surface area (Å²) in [6.07, 6.45) is 2.79. The molecule has 0 aromatic carbocycles. The monoisotopic (exact) mass is 246 g/mol. The molecule has 96 valence electrons. The maximum atomic E-state index is 5.38. The summed E-state index contributed by atoms with van der Waals surface area (Å²) in [7, 11) is 0. The zero-order valence-electron chi connectivity index (χ0n) is 10.7. The van der Waals surface area contributed by atoms with Gasteiger partial charge in [-0.1, -0.05) is 13.0 Å². The molecule has 2 aromatic rings. The van der Waals surface area contributed by atoms with Crippen molar-refractivity contribution >= 4 is 11.6 Å². The van der Waals surface area contributed by atoms with E-state index < -0.39 is 0 Å². The molecule has 0 amide bonds. The van der Waals surface area contributed by atoms with Crippen LogP contribution in [0.5, 0.6) is 0 Å². The van der Waals surface area contributed by atoms with Crippen LogP contribution in [0.15, 0.2) is 28.8 Å². The SMILES string of the molecule is CCCNc1cccc(NCc2ncc(C)o2)n1. The smallest absolute Gasteiger partial charge is 0.213 e. The lowest BCUT2D eigenvalue weighted by Gasteiger charge is -2.07. The van der Waals surface area contributed by atoms with Gasteiger partial charge in [-0.3, -0.25) is 0 Å². The molecule has 5 nitrogen and oxygen atoms in total. The molecule has 0 aliphatic heterocycles. The van der Waals surface area contributed by atoms with Crippen LogP contribution in [-0.2, 0) is 6.54 Å². The van der Waals surface area contributed by atoms with Crippen molar-refractivity contribution in [3.05, 3.63) is 36.0 Å². The van der Waals surface area contributed by atoms with E-state index in [0.29, 0.717) is 12.4 Å². The third kappa shape index (κ3) is 3.48. The minimum absolute atomic E-state index is 0.540. The number of nitrogens with one attached hydrogen (secondary N) is 2. The number of oxazole rings is 1. The van der Waals surface area contributed by atoms with E-state index in [0.717, 1.165) is 30.4 Å². The molecule has 0 spiro atoms. The van der Waals surface area contributed by atoms with E-state index in [-0.39, 0.29) is 0 Å². The van der Waals surface area contributed by atoms with Crippen LogP contribution in [-0.4, -0.2) is 16.5 Å². The highest BCUT2D eigenvalue weighted by Gasteiger charge is 2.01. The molecule has 2 rings (SSSR count). The van der Waals surface area contributed by atoms with E-state index in [1.165, 1.54) is 0 Å². The zero-order valence-corrected chi connectivity index (χ0v) is 10.7. The zero-order chi connectivity index (χ0) is 12.8. The highest BCUT2D eigenvalue weighted by molar-refractivity contribution is 5.44. The van der Waals surface area contributed by atoms with Crippen LogP contribution in [0, 0.1) is 6.92 Å². The number of nitrogens with zero attached hydrogens (tertiary/aromatic N) is 2. The van der Waals surface area contributed by atoms with Crippen molar-refractivity contribution in [1.29, 1.82) is 0 Å². The molecule has 0 atom stereocenters. The van der Waals surface area contributed by atoms with E-state index in [2.05, 4.69) is 27.5 Å². The molecular formula is C13H18N4O. The third-order valence-electron chi connectivity index (χ3n) is 2.40. The van der Waals surface area contributed by atoms with Gasteiger partial charge in [-0.25, -0.2) is 9.97 Å². The molecule has 2 heterocycles. The predicted molar refractivity (Wildman–Crippen MR) is 71.6 cm³/mol. The lowest BCUT2D eigenvalue weighted by molar-refractivity contribution is 0.479. The Morgan fingerprint density at radius 1 is 1.22 bits per heavy atom. The summed E-state index contributed by atoms with van der Waals surface area (Å²) in [5.41, 5.74) is 0. The van der Waals surface area contributed by atoms with Gasteiger partial charge in [-0.15, -0.1) is 0 Å². The normalized spacial score (nSPS) is 10.3. The quantitative estimate of drug-likeness (QED) is 0.820. The second-order valence-electron chi connectivity index (χ2n) is 4.05. The molecule has 2 aromatic heterocycles. The fraction of sp³-hybridized carbons (Fsp3) is 0.385. The minimum Gasteiger partial charge on any atom is -0.444 e. The second kappa shape index (κ2) is 6.05. The fourth-order valence-corrected chi connectivity index (χ4v) is 1.53. The molecule has 0 saturated carbocycles. The lowest BCUT2D eigenvalue weighted by Crippen LogP contribution is -2.05. The summed E-state index contributed by atoms with van der Waals surface area (Å²) in [5, 5.41) is 6.43. The summed E-state index contributed by atoms with van der Waals surface area (Å²) in [4.78, 5) is 8.57. The van der Waals surface area contributed by atoms with Crippen molar-refractivity contribution in [3.8, 4) is 0 Å². The third-order valence-corrected chi connectivity index (χ3v) is 2.40. The topological polar surface area (TPSA) is 63.0 Å². The van der Waals surface area contributed by atoms with E-state index in [1.807, 2.05) is 25.1 Å². The summed E-state index contributed by atoms with van der Waals surface area (Å²) >= 11 is 0. The van der Waals surface area contributed by atoms with E-state index in [4.69, 9.17) is 4.42 Å². The van der Waals surface area contributed by atoms with Gasteiger partial charge in [0.25, 0.3) is 0 Å². The number of hydrogen-bond acceptors (Lipinski definition) is 5. The van der Waals surface area contributed by atoms with E-state index in [9.17, 15) is 0 Å². The number of pyridine rings is 1. The summed E-state index contributed by atoms with van der Waals surface area (Å²) < 4.78 is 5.38. The van der Waals surface area contributed by atoms with Crippen LogP contribution in [0.1, 0.15) is 25.0 Å². The van der Waals surface area contributed by atoms with Gasteiger partial charge in [0.05, 0.1) is 12.7 Å². The Bertz CT molecular complexity index is 495. The van der Waals surface area contributed by atoms with E-state index in [1.54, 1.807) is 6.20 Å². The number of aromatic nitrogens is 2. The highest BCUT2D eigenvalue weighted by atomic mass is 16.4. The van der Waals surface area contributed by atoms with Gasteiger partial charge in [0.1, 0.15) is 17.4 Å². The fourth-order valence-electron chi connectivity index (χ4n) is 1.53. The van der Waals surface area contributed by atoms with Crippen molar-refractivity contribution in [2.24, 2.45) is 0 Å². The molecule has 0 bridgehead atoms. The van der Waals surface area contributed by atoms with Crippen molar-refractivity contribution < 1.29 is 4.42 Å². The van der Waals surface area contributed by atoms with Crippen LogP contribution >= 0.6 is 0 Å². The van der Waals surface area contributed by atoms with Gasteiger partial charge in [0.2, 0.25) is 5.89 Å². The standard InChI is InChI=1S/C13H18N4O/c1-3-7-14-11-5-4-6-12(17-11)15-9-13-16-8-10(2)18-13/h4-6,8H,3,7,9H2,1-2H3,(H2,14,15,17). The molecular weight excluding hydrogens is 228 g/mol. The number of rotatable bonds is 6. The van der Waals surface area contributed by atoms with Gasteiger partial charge in [-0.05, 0) is 25.5 Å². The average Bonchev–Trinajstić information content (AvgIpc) is 2.80. The molecule has 0 fully saturated rings. The Kier molecular flexibility index (Phi) is 4.17. The first kappa shape index (κ1) is 12.4. The summed E-state index contributed by atoms with van der Waals surface area (Å²) in [6.45, 7) is 5.47. The Morgan fingerprint density at radius 3 is 2.67 bits per heavy atom. The van der Waals surface area contributed by atoms with Gasteiger partial charge in [0.15, 0.2) is 0 Å². The van der Waals surface area contributed by atoms with Crippen LogP contribution < -0.4 is 10.6 Å². The molecule has 2 N–H and O–H groups in total. The molecule has 0 radical (unpaired) electrons. The van der Waals surface area contributed by atoms with Gasteiger partial charge >= 0.3 is 0 Å². The number of aryl methyl sites for hydroxylation is 1. The lowest BCUT2D eigenvalue weighted by atomic mass is 10.4. The van der Waals surface area contributed by atoms with Crippen LogP contribution in [0.2, 0.25) is 0 Å². The molecule has 18 heavy (non-hydrogen) atoms. The van der Waals surface area contributed by atoms with Gasteiger partial charge < -0.3 is 15.1 Å². The second-order valence-corrected chi connectivity index (χ2v) is 4.05. The van der Waals surface area contributed by atoms with Crippen molar-refractivity contribution in [2.45, 2.75) is 26.8 Å². The Hall–Kier alpha value is -2.04. The molecule has 0 saturated heterocycles. The average molecular weight is 246 g/mol. The van der Waals surface area contributed by atoms with Gasteiger partial charge in [0, 0.05) is 6.54 Å². The molecule has 5 heteroatoms. The minimum atomic E-state index is 0.540. The predicted octanol–water partition coefficient (Wildman–Crippen LogP) is 2.81. The first-order chi connectivity index (χ1) is 8.78. The van der Waals surface area contributed by atoms with E-state index >= 15 is 0 Å². The highest BCUT2D eigenvalue weighted by Crippen LogP contribution is 2.10. The molecule has 0 aliphatic carbocycles. The Balaban J connectivity index is 1.92. The summed E-state index contributed by atoms with van der Waals surface area (Å²) in [6, 6.07) is 5.84. The number of anilines is 2. The summed E-state index contributed by atoms with van der Waals surface area (Å²) in [5.74, 6) is 3.18. The first-order valence-corrected chi connectivity index (χ1v) is 6.14.